The maximum absolute atomic E-state index is 6.06. The van der Waals surface area contributed by atoms with Gasteiger partial charge in [-0.25, -0.2) is 0 Å². The second-order valence-corrected chi connectivity index (χ2v) is 13.3. The highest BCUT2D eigenvalue weighted by atomic mass is 32.1. The number of furan rings is 1. The van der Waals surface area contributed by atoms with Gasteiger partial charge in [0, 0.05) is 37.6 Å². The molecule has 0 aliphatic heterocycles. The quantitative estimate of drug-likeness (QED) is 0.171. The van der Waals surface area contributed by atoms with E-state index in [1.165, 1.54) is 43.1 Å². The molecule has 9 rings (SSSR count). The van der Waals surface area contributed by atoms with Crippen LogP contribution in [0.5, 0.6) is 0 Å². The Morgan fingerprint density at radius 2 is 0.755 bits per heavy atom. The second kappa shape index (κ2) is 12.5. The van der Waals surface area contributed by atoms with Gasteiger partial charge >= 0.3 is 0 Å². The summed E-state index contributed by atoms with van der Waals surface area (Å²) in [6.07, 6.45) is 0. The van der Waals surface area contributed by atoms with Crippen LogP contribution in [0.4, 0.5) is 17.1 Å². The molecule has 0 aliphatic carbocycles. The molecule has 0 spiro atoms. The Labute approximate surface area is 289 Å². The molecule has 0 bridgehead atoms. The molecule has 0 N–H and O–H groups in total. The molecule has 0 saturated heterocycles. The highest BCUT2D eigenvalue weighted by Gasteiger charge is 2.15. The summed E-state index contributed by atoms with van der Waals surface area (Å²) in [5.74, 6) is 0. The number of hydrogen-bond donors (Lipinski definition) is 0. The zero-order valence-corrected chi connectivity index (χ0v) is 27.5. The Hall–Kier alpha value is -6.16. The van der Waals surface area contributed by atoms with Crippen molar-refractivity contribution in [3.05, 3.63) is 188 Å². The fraction of sp³-hybridized carbons (Fsp3) is 0. The third kappa shape index (κ3) is 5.61. The average Bonchev–Trinajstić information content (AvgIpc) is 3.82. The molecular formula is C46H31NOS. The lowest BCUT2D eigenvalue weighted by Crippen LogP contribution is -2.09. The highest BCUT2D eigenvalue weighted by molar-refractivity contribution is 7.18. The van der Waals surface area contributed by atoms with E-state index >= 15 is 0 Å². The van der Waals surface area contributed by atoms with Gasteiger partial charge in [-0.2, -0.15) is 0 Å². The first-order valence-corrected chi connectivity index (χ1v) is 17.3. The third-order valence-corrected chi connectivity index (χ3v) is 10.3. The van der Waals surface area contributed by atoms with Crippen molar-refractivity contribution < 1.29 is 4.42 Å². The number of hydrogen-bond acceptors (Lipinski definition) is 3. The van der Waals surface area contributed by atoms with Crippen LogP contribution in [0.25, 0.3) is 65.1 Å². The van der Waals surface area contributed by atoms with Crippen LogP contribution < -0.4 is 4.90 Å². The van der Waals surface area contributed by atoms with Crippen molar-refractivity contribution in [1.29, 1.82) is 0 Å². The molecule has 0 saturated carbocycles. The summed E-state index contributed by atoms with van der Waals surface area (Å²) < 4.78 is 6.06. The van der Waals surface area contributed by atoms with Crippen LogP contribution in [0.1, 0.15) is 0 Å². The van der Waals surface area contributed by atoms with E-state index in [1.54, 1.807) is 0 Å². The smallest absolute Gasteiger partial charge is 0.135 e. The zero-order chi connectivity index (χ0) is 32.6. The highest BCUT2D eigenvalue weighted by Crippen LogP contribution is 2.40. The van der Waals surface area contributed by atoms with Gasteiger partial charge in [0.1, 0.15) is 11.2 Å². The average molecular weight is 646 g/mol. The van der Waals surface area contributed by atoms with Crippen molar-refractivity contribution in [2.24, 2.45) is 0 Å². The van der Waals surface area contributed by atoms with Crippen molar-refractivity contribution in [2.45, 2.75) is 0 Å². The van der Waals surface area contributed by atoms with Gasteiger partial charge in [0.05, 0.1) is 0 Å². The van der Waals surface area contributed by atoms with Crippen molar-refractivity contribution in [2.75, 3.05) is 4.90 Å². The van der Waals surface area contributed by atoms with Gasteiger partial charge in [-0.05, 0) is 106 Å². The summed E-state index contributed by atoms with van der Waals surface area (Å²) in [7, 11) is 0. The minimum atomic E-state index is 0.922. The van der Waals surface area contributed by atoms with Crippen LogP contribution in [-0.4, -0.2) is 0 Å². The normalized spacial score (nSPS) is 11.3. The third-order valence-electron chi connectivity index (χ3n) is 9.14. The van der Waals surface area contributed by atoms with Gasteiger partial charge in [-0.15, -0.1) is 11.3 Å². The molecule has 0 aliphatic rings. The number of benzene rings is 7. The fourth-order valence-corrected chi connectivity index (χ4v) is 7.62. The van der Waals surface area contributed by atoms with Crippen molar-refractivity contribution in [1.82, 2.24) is 0 Å². The summed E-state index contributed by atoms with van der Waals surface area (Å²) in [6.45, 7) is 0. The first-order valence-electron chi connectivity index (χ1n) is 16.5. The van der Waals surface area contributed by atoms with Gasteiger partial charge in [0.2, 0.25) is 0 Å². The Morgan fingerprint density at radius 1 is 0.327 bits per heavy atom. The van der Waals surface area contributed by atoms with Crippen LogP contribution in [0, 0.1) is 0 Å². The van der Waals surface area contributed by atoms with Gasteiger partial charge in [0.15, 0.2) is 0 Å². The lowest BCUT2D eigenvalue weighted by Gasteiger charge is -2.26. The molecule has 2 nitrogen and oxygen atoms in total. The van der Waals surface area contributed by atoms with E-state index < -0.39 is 0 Å². The molecule has 0 unspecified atom stereocenters. The Bertz CT molecular complexity index is 2430. The Morgan fingerprint density at radius 3 is 1.33 bits per heavy atom. The largest absolute Gasteiger partial charge is 0.456 e. The molecule has 0 fully saturated rings. The standard InChI is InChI=1S/C46H31NOS/c1-3-9-32(10-4-1)34-15-22-38(23-16-34)47(39-24-17-35(18-25-39)33-11-5-2-6-12-33)40-26-19-36(20-27-40)45-29-30-46(49-45)37-21-28-44-42(31-37)41-13-7-8-14-43(41)48-44/h1-31H. The summed E-state index contributed by atoms with van der Waals surface area (Å²) >= 11 is 1.82. The minimum Gasteiger partial charge on any atom is -0.456 e. The molecule has 0 atom stereocenters. The molecule has 3 heteroatoms. The lowest BCUT2D eigenvalue weighted by molar-refractivity contribution is 0.669. The predicted molar refractivity (Wildman–Crippen MR) is 208 cm³/mol. The number of nitrogens with zero attached hydrogens (tertiary/aromatic N) is 1. The number of fused-ring (bicyclic) bond motifs is 3. The molecule has 2 aromatic heterocycles. The fourth-order valence-electron chi connectivity index (χ4n) is 6.62. The molecule has 0 amide bonds. The van der Waals surface area contributed by atoms with Crippen molar-refractivity contribution in [3.63, 3.8) is 0 Å². The zero-order valence-electron chi connectivity index (χ0n) is 26.7. The van der Waals surface area contributed by atoms with Crippen LogP contribution in [0.3, 0.4) is 0 Å². The van der Waals surface area contributed by atoms with Gasteiger partial charge < -0.3 is 9.32 Å². The molecular weight excluding hydrogens is 615 g/mol. The maximum Gasteiger partial charge on any atom is 0.135 e. The Balaban J connectivity index is 1.04. The van der Waals surface area contributed by atoms with Gasteiger partial charge in [-0.3, -0.25) is 0 Å². The van der Waals surface area contributed by atoms with E-state index in [0.29, 0.717) is 0 Å². The van der Waals surface area contributed by atoms with E-state index in [2.05, 4.69) is 181 Å². The van der Waals surface area contributed by atoms with E-state index in [9.17, 15) is 0 Å². The maximum atomic E-state index is 6.06. The molecule has 0 radical (unpaired) electrons. The molecule has 232 valence electrons. The number of thiophene rings is 1. The van der Waals surface area contributed by atoms with E-state index in [-0.39, 0.29) is 0 Å². The molecule has 49 heavy (non-hydrogen) atoms. The number of rotatable bonds is 7. The number of para-hydroxylation sites is 1. The van der Waals surface area contributed by atoms with Crippen LogP contribution in [0.15, 0.2) is 192 Å². The molecule has 2 heterocycles. The predicted octanol–water partition coefficient (Wildman–Crippen LogP) is 13.8. The van der Waals surface area contributed by atoms with E-state index in [1.807, 2.05) is 23.5 Å². The van der Waals surface area contributed by atoms with Crippen LogP contribution in [-0.2, 0) is 0 Å². The number of anilines is 3. The van der Waals surface area contributed by atoms with Crippen molar-refractivity contribution >= 4 is 50.3 Å². The first kappa shape index (κ1) is 29.0. The second-order valence-electron chi connectivity index (χ2n) is 12.2. The van der Waals surface area contributed by atoms with E-state index in [4.69, 9.17) is 4.42 Å². The lowest BCUT2D eigenvalue weighted by atomic mass is 10.0. The molecule has 9 aromatic rings. The topological polar surface area (TPSA) is 16.4 Å². The summed E-state index contributed by atoms with van der Waals surface area (Å²) in [6, 6.07) is 66.9. The van der Waals surface area contributed by atoms with Crippen LogP contribution in [0.2, 0.25) is 0 Å². The summed E-state index contributed by atoms with van der Waals surface area (Å²) in [4.78, 5) is 4.81. The van der Waals surface area contributed by atoms with E-state index in [0.717, 1.165) is 39.0 Å². The SMILES string of the molecule is c1ccc(-c2ccc(N(c3ccc(-c4ccccc4)cc3)c3ccc(-c4ccc(-c5ccc6oc7ccccc7c6c5)s4)cc3)cc2)cc1. The minimum absolute atomic E-state index is 0.922. The first-order chi connectivity index (χ1) is 24.3. The van der Waals surface area contributed by atoms with Gasteiger partial charge in [0.25, 0.3) is 0 Å². The van der Waals surface area contributed by atoms with Crippen molar-refractivity contribution in [3.8, 4) is 43.1 Å². The molecule has 7 aromatic carbocycles. The Kier molecular flexibility index (Phi) is 7.38. The summed E-state index contributed by atoms with van der Waals surface area (Å²) in [5.41, 5.74) is 12.4. The van der Waals surface area contributed by atoms with Crippen LogP contribution >= 0.6 is 11.3 Å². The van der Waals surface area contributed by atoms with Gasteiger partial charge in [-0.1, -0.05) is 115 Å². The summed E-state index contributed by atoms with van der Waals surface area (Å²) in [5, 5.41) is 2.31. The monoisotopic (exact) mass is 645 g/mol.